The minimum Gasteiger partial charge on any atom is -0.443 e. The first-order valence-corrected chi connectivity index (χ1v) is 5.08. The van der Waals surface area contributed by atoms with Crippen molar-refractivity contribution < 1.29 is 9.53 Å². The van der Waals surface area contributed by atoms with Crippen LogP contribution in [0.15, 0.2) is 12.3 Å². The summed E-state index contributed by atoms with van der Waals surface area (Å²) < 4.78 is 5.28. The molecule has 1 amide bonds. The van der Waals surface area contributed by atoms with Gasteiger partial charge in [-0.1, -0.05) is 6.08 Å². The van der Waals surface area contributed by atoms with Gasteiger partial charge >= 0.3 is 6.09 Å². The lowest BCUT2D eigenvalue weighted by Gasteiger charge is -2.31. The molecule has 1 atom stereocenters. The van der Waals surface area contributed by atoms with Gasteiger partial charge in [-0.25, -0.2) is 4.79 Å². The van der Waals surface area contributed by atoms with Gasteiger partial charge in [0.2, 0.25) is 0 Å². The van der Waals surface area contributed by atoms with Gasteiger partial charge in [0.05, 0.1) is 0 Å². The number of allylic oxidation sites excluding steroid dienone is 1. The molecular formula is C11H19NO2. The molecule has 1 rings (SSSR count). The van der Waals surface area contributed by atoms with Crippen LogP contribution in [-0.2, 0) is 4.74 Å². The van der Waals surface area contributed by atoms with E-state index in [1.165, 1.54) is 0 Å². The number of rotatable bonds is 0. The molecule has 1 aliphatic heterocycles. The second-order valence-corrected chi connectivity index (χ2v) is 4.70. The number of hydrogen-bond acceptors (Lipinski definition) is 2. The van der Waals surface area contributed by atoms with Crippen molar-refractivity contribution in [1.82, 2.24) is 4.90 Å². The maximum absolute atomic E-state index is 11.7. The zero-order valence-electron chi connectivity index (χ0n) is 9.41. The molecule has 1 aliphatic rings. The van der Waals surface area contributed by atoms with Crippen LogP contribution in [0.3, 0.4) is 0 Å². The summed E-state index contributed by atoms with van der Waals surface area (Å²) in [6, 6.07) is 0.245. The summed E-state index contributed by atoms with van der Waals surface area (Å²) in [6.45, 7) is 7.67. The summed E-state index contributed by atoms with van der Waals surface area (Å²) in [4.78, 5) is 13.3. The molecule has 80 valence electrons. The van der Waals surface area contributed by atoms with Crippen molar-refractivity contribution in [2.75, 3.05) is 0 Å². The number of hydrogen-bond donors (Lipinski definition) is 0. The van der Waals surface area contributed by atoms with Crippen LogP contribution in [0.1, 0.15) is 40.5 Å². The average Bonchev–Trinajstić information content (AvgIpc) is 2.01. The zero-order chi connectivity index (χ0) is 10.8. The van der Waals surface area contributed by atoms with Crippen molar-refractivity contribution in [3.63, 3.8) is 0 Å². The van der Waals surface area contributed by atoms with Gasteiger partial charge in [0.25, 0.3) is 0 Å². The molecule has 0 aromatic heterocycles. The predicted molar refractivity (Wildman–Crippen MR) is 55.9 cm³/mol. The van der Waals surface area contributed by atoms with E-state index in [2.05, 4.69) is 0 Å². The van der Waals surface area contributed by atoms with E-state index in [-0.39, 0.29) is 12.1 Å². The van der Waals surface area contributed by atoms with Crippen LogP contribution in [0.5, 0.6) is 0 Å². The molecule has 3 heteroatoms. The maximum Gasteiger partial charge on any atom is 0.414 e. The van der Waals surface area contributed by atoms with E-state index in [1.54, 1.807) is 4.90 Å². The molecule has 14 heavy (non-hydrogen) atoms. The highest BCUT2D eigenvalue weighted by Gasteiger charge is 2.25. The molecule has 0 aromatic rings. The average molecular weight is 197 g/mol. The van der Waals surface area contributed by atoms with E-state index in [9.17, 15) is 4.79 Å². The summed E-state index contributed by atoms with van der Waals surface area (Å²) in [5, 5.41) is 0. The van der Waals surface area contributed by atoms with E-state index in [0.29, 0.717) is 0 Å². The molecular weight excluding hydrogens is 178 g/mol. The number of ether oxygens (including phenoxy) is 1. The highest BCUT2D eigenvalue weighted by molar-refractivity contribution is 5.70. The first-order chi connectivity index (χ1) is 6.40. The Bertz CT molecular complexity index is 240. The van der Waals surface area contributed by atoms with Gasteiger partial charge in [0.15, 0.2) is 0 Å². The van der Waals surface area contributed by atoms with Gasteiger partial charge in [-0.15, -0.1) is 0 Å². The Kier molecular flexibility index (Phi) is 3.19. The summed E-state index contributed by atoms with van der Waals surface area (Å²) in [7, 11) is 0. The predicted octanol–water partition coefficient (Wildman–Crippen LogP) is 2.92. The topological polar surface area (TPSA) is 29.5 Å². The van der Waals surface area contributed by atoms with Gasteiger partial charge in [0.1, 0.15) is 5.60 Å². The van der Waals surface area contributed by atoms with Gasteiger partial charge in [-0.05, 0) is 40.5 Å². The minimum atomic E-state index is -0.415. The molecule has 0 saturated carbocycles. The Hall–Kier alpha value is -0.990. The Morgan fingerprint density at radius 3 is 2.64 bits per heavy atom. The smallest absolute Gasteiger partial charge is 0.414 e. The minimum absolute atomic E-state index is 0.245. The van der Waals surface area contributed by atoms with Crippen LogP contribution in [0, 0.1) is 0 Å². The van der Waals surface area contributed by atoms with E-state index in [0.717, 1.165) is 12.8 Å². The Balaban J connectivity index is 2.60. The maximum atomic E-state index is 11.7. The molecule has 0 N–H and O–H groups in total. The van der Waals surface area contributed by atoms with Crippen molar-refractivity contribution in [3.05, 3.63) is 12.3 Å². The van der Waals surface area contributed by atoms with Crippen molar-refractivity contribution >= 4 is 6.09 Å². The molecule has 0 aromatic carbocycles. The molecule has 3 nitrogen and oxygen atoms in total. The summed E-state index contributed by atoms with van der Waals surface area (Å²) in [6.07, 6.45) is 5.63. The third kappa shape index (κ3) is 3.05. The van der Waals surface area contributed by atoms with Gasteiger partial charge < -0.3 is 4.74 Å². The molecule has 0 unspecified atom stereocenters. The van der Waals surface area contributed by atoms with Crippen LogP contribution < -0.4 is 0 Å². The van der Waals surface area contributed by atoms with E-state index >= 15 is 0 Å². The van der Waals surface area contributed by atoms with Gasteiger partial charge in [-0.2, -0.15) is 0 Å². The first-order valence-electron chi connectivity index (χ1n) is 5.08. The van der Waals surface area contributed by atoms with E-state index in [4.69, 9.17) is 4.74 Å². The lowest BCUT2D eigenvalue weighted by Crippen LogP contribution is -2.39. The van der Waals surface area contributed by atoms with Crippen LogP contribution in [0.2, 0.25) is 0 Å². The largest absolute Gasteiger partial charge is 0.443 e. The SMILES string of the molecule is C[C@@H]1CCC=CN1C(=O)OC(C)(C)C. The molecule has 1 heterocycles. The quantitative estimate of drug-likeness (QED) is 0.597. The van der Waals surface area contributed by atoms with Gasteiger partial charge in [-0.3, -0.25) is 4.90 Å². The summed E-state index contributed by atoms with van der Waals surface area (Å²) >= 11 is 0. The summed E-state index contributed by atoms with van der Waals surface area (Å²) in [5.41, 5.74) is -0.415. The van der Waals surface area contributed by atoms with Crippen LogP contribution in [0.25, 0.3) is 0 Å². The number of amides is 1. The second kappa shape index (κ2) is 4.03. The van der Waals surface area contributed by atoms with E-state index < -0.39 is 5.60 Å². The van der Waals surface area contributed by atoms with Gasteiger partial charge in [0, 0.05) is 12.2 Å². The fourth-order valence-corrected chi connectivity index (χ4v) is 1.37. The highest BCUT2D eigenvalue weighted by Crippen LogP contribution is 2.18. The second-order valence-electron chi connectivity index (χ2n) is 4.70. The summed E-state index contributed by atoms with van der Waals surface area (Å²) in [5.74, 6) is 0. The molecule has 0 bridgehead atoms. The van der Waals surface area contributed by atoms with Crippen molar-refractivity contribution in [2.45, 2.75) is 52.2 Å². The third-order valence-corrected chi connectivity index (χ3v) is 2.10. The van der Waals surface area contributed by atoms with Crippen LogP contribution in [0.4, 0.5) is 4.79 Å². The van der Waals surface area contributed by atoms with Crippen LogP contribution in [-0.4, -0.2) is 22.6 Å². The van der Waals surface area contributed by atoms with Crippen molar-refractivity contribution in [1.29, 1.82) is 0 Å². The Labute approximate surface area is 85.7 Å². The molecule has 0 spiro atoms. The monoisotopic (exact) mass is 197 g/mol. The number of carbonyl (C=O) groups excluding carboxylic acids is 1. The Morgan fingerprint density at radius 2 is 2.14 bits per heavy atom. The molecule has 0 fully saturated rings. The van der Waals surface area contributed by atoms with E-state index in [1.807, 2.05) is 40.0 Å². The molecule has 0 radical (unpaired) electrons. The number of carbonyl (C=O) groups is 1. The highest BCUT2D eigenvalue weighted by atomic mass is 16.6. The first kappa shape index (κ1) is 11.1. The Morgan fingerprint density at radius 1 is 1.50 bits per heavy atom. The normalized spacial score (nSPS) is 22.3. The van der Waals surface area contributed by atoms with Crippen molar-refractivity contribution in [3.8, 4) is 0 Å². The fraction of sp³-hybridized carbons (Fsp3) is 0.727. The number of nitrogens with zero attached hydrogens (tertiary/aromatic N) is 1. The van der Waals surface area contributed by atoms with Crippen molar-refractivity contribution in [2.24, 2.45) is 0 Å². The fourth-order valence-electron chi connectivity index (χ4n) is 1.37. The molecule has 0 saturated heterocycles. The lowest BCUT2D eigenvalue weighted by molar-refractivity contribution is 0.0265. The molecule has 0 aliphatic carbocycles. The van der Waals surface area contributed by atoms with Crippen LogP contribution >= 0.6 is 0 Å². The standard InChI is InChI=1S/C11H19NO2/c1-9-7-5-6-8-12(9)10(13)14-11(2,3)4/h6,8-9H,5,7H2,1-4H3/t9-/m1/s1. The third-order valence-electron chi connectivity index (χ3n) is 2.10. The lowest BCUT2D eigenvalue weighted by atomic mass is 10.1. The zero-order valence-corrected chi connectivity index (χ0v) is 9.41.